The second-order valence-corrected chi connectivity index (χ2v) is 7.49. The summed E-state index contributed by atoms with van der Waals surface area (Å²) < 4.78 is 16.0. The Morgan fingerprint density at radius 1 is 1.52 bits per heavy atom. The summed E-state index contributed by atoms with van der Waals surface area (Å²) in [4.78, 5) is 20.8. The minimum atomic E-state index is -1.21. The standard InChI is InChI=1S/C17H21ClFN5O3/c1-3-21-9-8(19)14(18)23-15-10(9)22-6-24(15)11-7-4-5-17(7,16(27)20-2)13(26)12(11)25/h6-7,11-13,25-26H,3-5H2,1-2H3,(H,20,27)(H,21,23)/t7-,11-,12+,13+,17+/m1/s1. The minimum absolute atomic E-state index is 0.144. The van der Waals surface area contributed by atoms with E-state index in [-0.39, 0.29) is 28.2 Å². The molecule has 2 heterocycles. The van der Waals surface area contributed by atoms with Crippen LogP contribution in [-0.4, -0.2) is 56.5 Å². The molecule has 2 fully saturated rings. The topological polar surface area (TPSA) is 112 Å². The Bertz CT molecular complexity index is 922. The minimum Gasteiger partial charge on any atom is -0.389 e. The Labute approximate surface area is 159 Å². The molecule has 2 aliphatic carbocycles. The largest absolute Gasteiger partial charge is 0.389 e. The van der Waals surface area contributed by atoms with Crippen molar-refractivity contribution in [1.29, 1.82) is 0 Å². The van der Waals surface area contributed by atoms with Crippen LogP contribution in [0.1, 0.15) is 25.8 Å². The highest BCUT2D eigenvalue weighted by Crippen LogP contribution is 2.62. The zero-order chi connectivity index (χ0) is 19.5. The lowest BCUT2D eigenvalue weighted by Gasteiger charge is -2.46. The summed E-state index contributed by atoms with van der Waals surface area (Å²) in [6, 6.07) is -0.612. The van der Waals surface area contributed by atoms with E-state index in [2.05, 4.69) is 20.6 Å². The molecule has 8 nitrogen and oxygen atoms in total. The van der Waals surface area contributed by atoms with Gasteiger partial charge in [-0.05, 0) is 25.7 Å². The number of aromatic nitrogens is 3. The third kappa shape index (κ3) is 2.25. The van der Waals surface area contributed by atoms with Crippen LogP contribution in [0.25, 0.3) is 11.2 Å². The molecule has 2 aromatic heterocycles. The van der Waals surface area contributed by atoms with Crippen molar-refractivity contribution in [2.45, 2.75) is 38.0 Å². The van der Waals surface area contributed by atoms with Gasteiger partial charge in [0.1, 0.15) is 17.3 Å². The van der Waals surface area contributed by atoms with Crippen LogP contribution in [0.5, 0.6) is 0 Å². The quantitative estimate of drug-likeness (QED) is 0.574. The first-order valence-electron chi connectivity index (χ1n) is 8.92. The Hall–Kier alpha value is -1.97. The first-order chi connectivity index (χ1) is 12.9. The number of aliphatic hydroxyl groups is 2. The van der Waals surface area contributed by atoms with Gasteiger partial charge in [-0.1, -0.05) is 11.6 Å². The van der Waals surface area contributed by atoms with Gasteiger partial charge in [-0.2, -0.15) is 0 Å². The zero-order valence-corrected chi connectivity index (χ0v) is 15.7. The van der Waals surface area contributed by atoms with Gasteiger partial charge in [-0.25, -0.2) is 14.4 Å². The zero-order valence-electron chi connectivity index (χ0n) is 14.9. The number of carbonyl (C=O) groups is 1. The maximum atomic E-state index is 14.4. The van der Waals surface area contributed by atoms with Crippen LogP contribution >= 0.6 is 11.6 Å². The van der Waals surface area contributed by atoms with E-state index in [0.717, 1.165) is 0 Å². The number of aliphatic hydroxyl groups excluding tert-OH is 2. The normalized spacial score (nSPS) is 32.2. The lowest BCUT2D eigenvalue weighted by atomic mass is 9.59. The van der Waals surface area contributed by atoms with Gasteiger partial charge in [0.05, 0.1) is 23.9 Å². The van der Waals surface area contributed by atoms with Crippen LogP contribution in [0.3, 0.4) is 0 Å². The van der Waals surface area contributed by atoms with E-state index in [9.17, 15) is 19.4 Å². The fraction of sp³-hybridized carbons (Fsp3) is 0.588. The fourth-order valence-electron chi connectivity index (χ4n) is 4.75. The highest BCUT2D eigenvalue weighted by atomic mass is 35.5. The first kappa shape index (κ1) is 18.4. The third-order valence-corrected chi connectivity index (χ3v) is 6.33. The average molecular weight is 398 g/mol. The van der Waals surface area contributed by atoms with Crippen molar-refractivity contribution in [3.8, 4) is 0 Å². The fourth-order valence-corrected chi connectivity index (χ4v) is 4.92. The summed E-state index contributed by atoms with van der Waals surface area (Å²) >= 11 is 5.97. The number of carbonyl (C=O) groups excluding carboxylic acids is 1. The monoisotopic (exact) mass is 397 g/mol. The molecule has 0 bridgehead atoms. The molecule has 0 aliphatic heterocycles. The molecule has 5 atom stereocenters. The summed E-state index contributed by atoms with van der Waals surface area (Å²) in [5, 5.41) is 26.6. The maximum Gasteiger partial charge on any atom is 0.229 e. The van der Waals surface area contributed by atoms with Gasteiger partial charge in [-0.3, -0.25) is 4.79 Å². The molecule has 27 heavy (non-hydrogen) atoms. The number of rotatable bonds is 4. The summed E-state index contributed by atoms with van der Waals surface area (Å²) in [6.45, 7) is 2.28. The molecule has 0 aromatic carbocycles. The molecular weight excluding hydrogens is 377 g/mol. The van der Waals surface area contributed by atoms with Gasteiger partial charge in [0.25, 0.3) is 0 Å². The van der Waals surface area contributed by atoms with Crippen molar-refractivity contribution in [3.05, 3.63) is 17.3 Å². The van der Waals surface area contributed by atoms with Crippen LogP contribution < -0.4 is 10.6 Å². The number of imidazole rings is 1. The lowest BCUT2D eigenvalue weighted by molar-refractivity contribution is -0.151. The van der Waals surface area contributed by atoms with E-state index >= 15 is 0 Å². The van der Waals surface area contributed by atoms with Gasteiger partial charge >= 0.3 is 0 Å². The Morgan fingerprint density at radius 3 is 2.85 bits per heavy atom. The average Bonchev–Trinajstić information content (AvgIpc) is 3.09. The van der Waals surface area contributed by atoms with Crippen molar-refractivity contribution in [1.82, 2.24) is 19.9 Å². The predicted octanol–water partition coefficient (Wildman–Crippen LogP) is 1.07. The molecule has 2 aliphatic rings. The van der Waals surface area contributed by atoms with Crippen LogP contribution in [0.2, 0.25) is 5.15 Å². The second-order valence-electron chi connectivity index (χ2n) is 7.14. The molecular formula is C17H21ClFN5O3. The van der Waals surface area contributed by atoms with E-state index < -0.39 is 29.5 Å². The molecule has 0 unspecified atom stereocenters. The second kappa shape index (κ2) is 6.29. The third-order valence-electron chi connectivity index (χ3n) is 6.08. The van der Waals surface area contributed by atoms with E-state index in [0.29, 0.717) is 25.0 Å². The summed E-state index contributed by atoms with van der Waals surface area (Å²) in [7, 11) is 1.51. The van der Waals surface area contributed by atoms with Crippen molar-refractivity contribution in [2.24, 2.45) is 11.3 Å². The number of hydrogen-bond donors (Lipinski definition) is 4. The number of hydrogen-bond acceptors (Lipinski definition) is 6. The first-order valence-corrected chi connectivity index (χ1v) is 9.30. The molecule has 146 valence electrons. The van der Waals surface area contributed by atoms with Crippen LogP contribution in [0, 0.1) is 17.2 Å². The van der Waals surface area contributed by atoms with Crippen LogP contribution in [0.15, 0.2) is 6.33 Å². The molecule has 4 N–H and O–H groups in total. The molecule has 0 spiro atoms. The van der Waals surface area contributed by atoms with Gasteiger partial charge in [0, 0.05) is 13.6 Å². The molecule has 1 amide bonds. The van der Waals surface area contributed by atoms with E-state index in [4.69, 9.17) is 11.6 Å². The Balaban J connectivity index is 1.85. The lowest BCUT2D eigenvalue weighted by Crippen LogP contribution is -2.55. The SMILES string of the molecule is CCNc1c(F)c(Cl)nc2c1ncn2[C@H]1[C@H](O)[C@H](O)[C@]2(C(=O)NC)CC[C@H]12. The number of nitrogens with zero attached hydrogens (tertiary/aromatic N) is 3. The van der Waals surface area contributed by atoms with Gasteiger partial charge in [-0.15, -0.1) is 0 Å². The van der Waals surface area contributed by atoms with E-state index in [1.807, 2.05) is 6.92 Å². The number of nitrogens with one attached hydrogen (secondary N) is 2. The number of fused-ring (bicyclic) bond motifs is 2. The number of pyridine rings is 1. The molecule has 2 aromatic rings. The van der Waals surface area contributed by atoms with Crippen LogP contribution in [-0.2, 0) is 4.79 Å². The van der Waals surface area contributed by atoms with E-state index in [1.165, 1.54) is 13.4 Å². The number of halogens is 2. The summed E-state index contributed by atoms with van der Waals surface area (Å²) in [6.07, 6.45) is 0.223. The molecule has 2 saturated carbocycles. The van der Waals surface area contributed by atoms with Crippen molar-refractivity contribution in [2.75, 3.05) is 18.9 Å². The van der Waals surface area contributed by atoms with Gasteiger partial charge < -0.3 is 25.4 Å². The number of amides is 1. The maximum absolute atomic E-state index is 14.4. The molecule has 0 radical (unpaired) electrons. The van der Waals surface area contributed by atoms with Gasteiger partial charge in [0.2, 0.25) is 5.91 Å². The number of anilines is 1. The van der Waals surface area contributed by atoms with Crippen molar-refractivity contribution >= 4 is 34.4 Å². The molecule has 0 saturated heterocycles. The highest BCUT2D eigenvalue weighted by molar-refractivity contribution is 6.30. The van der Waals surface area contributed by atoms with E-state index in [1.54, 1.807) is 4.57 Å². The Kier molecular flexibility index (Phi) is 4.28. The van der Waals surface area contributed by atoms with Gasteiger partial charge in [0.15, 0.2) is 16.6 Å². The molecule has 10 heteroatoms. The molecule has 4 rings (SSSR count). The Morgan fingerprint density at radius 2 is 2.26 bits per heavy atom. The van der Waals surface area contributed by atoms with Crippen LogP contribution in [0.4, 0.5) is 10.1 Å². The van der Waals surface area contributed by atoms with Crippen molar-refractivity contribution < 1.29 is 19.4 Å². The highest BCUT2D eigenvalue weighted by Gasteiger charge is 2.68. The summed E-state index contributed by atoms with van der Waals surface area (Å²) in [5.74, 6) is -1.26. The summed E-state index contributed by atoms with van der Waals surface area (Å²) in [5.41, 5.74) is -0.306. The smallest absolute Gasteiger partial charge is 0.229 e. The van der Waals surface area contributed by atoms with Crippen molar-refractivity contribution in [3.63, 3.8) is 0 Å². The predicted molar refractivity (Wildman–Crippen MR) is 96.9 cm³/mol.